The van der Waals surface area contributed by atoms with E-state index in [1.54, 1.807) is 0 Å². The topological polar surface area (TPSA) is 86.6 Å². The molecular weight excluding hydrogens is 532 g/mol. The van der Waals surface area contributed by atoms with E-state index in [1.807, 2.05) is 47.4 Å². The van der Waals surface area contributed by atoms with Gasteiger partial charge in [-0.1, -0.05) is 58.6 Å². The van der Waals surface area contributed by atoms with Gasteiger partial charge in [0.25, 0.3) is 0 Å². The second kappa shape index (κ2) is 10.1. The number of rotatable bonds is 4. The van der Waals surface area contributed by atoms with Crippen molar-refractivity contribution in [1.29, 1.82) is 0 Å². The molecule has 3 aromatic rings. The van der Waals surface area contributed by atoms with Crippen molar-refractivity contribution in [3.63, 3.8) is 0 Å². The van der Waals surface area contributed by atoms with Gasteiger partial charge in [0.05, 0.1) is 23.0 Å². The number of hydrogen-bond acceptors (Lipinski definition) is 5. The molecule has 9 heteroatoms. The summed E-state index contributed by atoms with van der Waals surface area (Å²) in [6.45, 7) is 2.20. The fraction of sp³-hybridized carbons (Fsp3) is 0.385. The van der Waals surface area contributed by atoms with E-state index in [0.717, 1.165) is 39.5 Å². The third kappa shape index (κ3) is 4.86. The minimum atomic E-state index is -0.856. The fourth-order valence-electron chi connectivity index (χ4n) is 5.17. The zero-order valence-corrected chi connectivity index (χ0v) is 21.5. The van der Waals surface area contributed by atoms with Crippen LogP contribution in [0.15, 0.2) is 46.9 Å². The normalized spacial score (nSPS) is 20.7. The predicted octanol–water partition coefficient (Wildman–Crippen LogP) is 5.25. The summed E-state index contributed by atoms with van der Waals surface area (Å²) in [5, 5.41) is 11.1. The van der Waals surface area contributed by atoms with Crippen LogP contribution >= 0.6 is 27.5 Å². The molecule has 1 aromatic heterocycles. The van der Waals surface area contributed by atoms with Crippen LogP contribution in [-0.2, 0) is 9.59 Å². The molecule has 2 fully saturated rings. The number of piperazine rings is 1. The number of nitrogens with zero attached hydrogens (tertiary/aromatic N) is 4. The molecule has 1 aliphatic heterocycles. The van der Waals surface area contributed by atoms with Crippen LogP contribution in [0.2, 0.25) is 5.02 Å². The molecule has 7 nitrogen and oxygen atoms in total. The van der Waals surface area contributed by atoms with Gasteiger partial charge in [-0.05, 0) is 37.1 Å². The van der Waals surface area contributed by atoms with Crippen molar-refractivity contribution in [2.24, 2.45) is 11.8 Å². The number of aliphatic carboxylic acids is 1. The average molecular weight is 558 g/mol. The Bertz CT molecular complexity index is 1280. The van der Waals surface area contributed by atoms with Gasteiger partial charge in [-0.2, -0.15) is 0 Å². The summed E-state index contributed by atoms with van der Waals surface area (Å²) in [5.41, 5.74) is 2.42. The van der Waals surface area contributed by atoms with Gasteiger partial charge in [-0.3, -0.25) is 9.59 Å². The second-order valence-corrected chi connectivity index (χ2v) is 10.5. The van der Waals surface area contributed by atoms with Crippen molar-refractivity contribution in [3.05, 3.63) is 52.0 Å². The van der Waals surface area contributed by atoms with Crippen LogP contribution in [0.4, 0.5) is 5.95 Å². The molecule has 1 N–H and O–H groups in total. The number of halogens is 2. The Morgan fingerprint density at radius 2 is 1.69 bits per heavy atom. The first-order valence-electron chi connectivity index (χ1n) is 11.9. The van der Waals surface area contributed by atoms with Crippen LogP contribution < -0.4 is 4.90 Å². The van der Waals surface area contributed by atoms with Crippen LogP contribution in [0.1, 0.15) is 25.7 Å². The van der Waals surface area contributed by atoms with E-state index in [-0.39, 0.29) is 5.91 Å². The first-order valence-corrected chi connectivity index (χ1v) is 13.1. The number of amides is 1. The number of carboxylic acid groups (broad SMARTS) is 1. The van der Waals surface area contributed by atoms with E-state index >= 15 is 0 Å². The van der Waals surface area contributed by atoms with Gasteiger partial charge in [0, 0.05) is 46.6 Å². The smallest absolute Gasteiger partial charge is 0.307 e. The van der Waals surface area contributed by atoms with Gasteiger partial charge in [0.2, 0.25) is 11.9 Å². The molecule has 2 aromatic carbocycles. The zero-order valence-electron chi connectivity index (χ0n) is 19.2. The van der Waals surface area contributed by atoms with Crippen LogP contribution in [0.5, 0.6) is 0 Å². The number of benzene rings is 2. The highest BCUT2D eigenvalue weighted by molar-refractivity contribution is 9.10. The Labute approximate surface area is 217 Å². The van der Waals surface area contributed by atoms with Crippen LogP contribution in [0, 0.1) is 11.8 Å². The largest absolute Gasteiger partial charge is 0.481 e. The highest BCUT2D eigenvalue weighted by atomic mass is 79.9. The summed E-state index contributed by atoms with van der Waals surface area (Å²) in [7, 11) is 0. The Morgan fingerprint density at radius 1 is 0.971 bits per heavy atom. The lowest BCUT2D eigenvalue weighted by Gasteiger charge is -2.38. The van der Waals surface area contributed by atoms with E-state index in [9.17, 15) is 14.7 Å². The summed E-state index contributed by atoms with van der Waals surface area (Å²) in [4.78, 5) is 38.5. The van der Waals surface area contributed by atoms with Gasteiger partial charge < -0.3 is 14.9 Å². The van der Waals surface area contributed by atoms with E-state index in [4.69, 9.17) is 21.6 Å². The van der Waals surface area contributed by atoms with Gasteiger partial charge in [0.1, 0.15) is 0 Å². The maximum Gasteiger partial charge on any atom is 0.307 e. The minimum absolute atomic E-state index is 0.0298. The molecule has 0 radical (unpaired) electrons. The molecule has 0 spiro atoms. The lowest BCUT2D eigenvalue weighted by molar-refractivity contribution is -0.152. The Morgan fingerprint density at radius 3 is 2.40 bits per heavy atom. The lowest BCUT2D eigenvalue weighted by atomic mass is 9.78. The van der Waals surface area contributed by atoms with Crippen LogP contribution in [0.25, 0.3) is 22.2 Å². The quantitative estimate of drug-likeness (QED) is 0.471. The van der Waals surface area contributed by atoms with Gasteiger partial charge in [-0.15, -0.1) is 0 Å². The van der Waals surface area contributed by atoms with Gasteiger partial charge in [0.15, 0.2) is 0 Å². The number of fused-ring (bicyclic) bond motifs is 1. The molecule has 182 valence electrons. The molecule has 1 aliphatic carbocycles. The Kier molecular flexibility index (Phi) is 6.93. The predicted molar refractivity (Wildman–Crippen MR) is 140 cm³/mol. The minimum Gasteiger partial charge on any atom is -0.481 e. The number of carbonyl (C=O) groups excluding carboxylic acids is 1. The monoisotopic (exact) mass is 556 g/mol. The molecule has 2 heterocycles. The van der Waals surface area contributed by atoms with E-state index in [1.165, 1.54) is 0 Å². The average Bonchev–Trinajstić information content (AvgIpc) is 2.88. The Balaban J connectivity index is 1.39. The molecule has 2 atom stereocenters. The summed E-state index contributed by atoms with van der Waals surface area (Å²) >= 11 is 10.1. The highest BCUT2D eigenvalue weighted by Crippen LogP contribution is 2.35. The standard InChI is InChI=1S/C26H26BrClN4O3/c27-16-9-10-22-20(15-16)23(19-7-3-4-8-21(19)28)30-26(29-22)32-13-11-31(12-14-32)24(33)17-5-1-2-6-18(17)25(34)35/h3-4,7-10,15,17-18H,1-2,5-6,11-14H2,(H,34,35)/t17-,18-/m1/s1. The highest BCUT2D eigenvalue weighted by Gasteiger charge is 2.38. The summed E-state index contributed by atoms with van der Waals surface area (Å²) < 4.78 is 0.934. The summed E-state index contributed by atoms with van der Waals surface area (Å²) in [6.07, 6.45) is 3.02. The summed E-state index contributed by atoms with van der Waals surface area (Å²) in [6, 6.07) is 13.5. The SMILES string of the molecule is O=C(O)[C@@H]1CCCC[C@H]1C(=O)N1CCN(c2nc(-c3ccccc3Cl)c3cc(Br)ccc3n2)CC1. The van der Waals surface area contributed by atoms with E-state index in [2.05, 4.69) is 20.8 Å². The maximum absolute atomic E-state index is 13.2. The molecule has 2 aliphatic rings. The van der Waals surface area contributed by atoms with E-state index < -0.39 is 17.8 Å². The van der Waals surface area contributed by atoms with E-state index in [0.29, 0.717) is 50.0 Å². The van der Waals surface area contributed by atoms with Crippen molar-refractivity contribution in [2.45, 2.75) is 25.7 Å². The van der Waals surface area contributed by atoms with Crippen molar-refractivity contribution in [1.82, 2.24) is 14.9 Å². The number of carboxylic acids is 1. The van der Waals surface area contributed by atoms with Crippen molar-refractivity contribution in [2.75, 3.05) is 31.1 Å². The summed E-state index contributed by atoms with van der Waals surface area (Å²) in [5.74, 6) is -1.28. The molecule has 5 rings (SSSR count). The Hall–Kier alpha value is -2.71. The van der Waals surface area contributed by atoms with Crippen molar-refractivity contribution < 1.29 is 14.7 Å². The molecule has 35 heavy (non-hydrogen) atoms. The van der Waals surface area contributed by atoms with Crippen LogP contribution in [-0.4, -0.2) is 58.0 Å². The third-order valence-electron chi connectivity index (χ3n) is 7.05. The number of anilines is 1. The molecule has 1 amide bonds. The first-order chi connectivity index (χ1) is 16.9. The fourth-order valence-corrected chi connectivity index (χ4v) is 5.76. The van der Waals surface area contributed by atoms with Crippen molar-refractivity contribution >= 4 is 56.3 Å². The molecule has 1 saturated carbocycles. The first kappa shape index (κ1) is 24.0. The molecule has 0 bridgehead atoms. The van der Waals surface area contributed by atoms with Gasteiger partial charge >= 0.3 is 5.97 Å². The van der Waals surface area contributed by atoms with Crippen molar-refractivity contribution in [3.8, 4) is 11.3 Å². The number of hydrogen-bond donors (Lipinski definition) is 1. The third-order valence-corrected chi connectivity index (χ3v) is 7.87. The maximum atomic E-state index is 13.2. The lowest BCUT2D eigenvalue weighted by Crippen LogP contribution is -2.52. The molecular formula is C26H26BrClN4O3. The molecule has 0 unspecified atom stereocenters. The molecule has 1 saturated heterocycles. The zero-order chi connectivity index (χ0) is 24.5. The number of aromatic nitrogens is 2. The number of carbonyl (C=O) groups is 2. The van der Waals surface area contributed by atoms with Crippen LogP contribution in [0.3, 0.4) is 0 Å². The second-order valence-electron chi connectivity index (χ2n) is 9.16. The van der Waals surface area contributed by atoms with Gasteiger partial charge in [-0.25, -0.2) is 9.97 Å².